The van der Waals surface area contributed by atoms with Gasteiger partial charge in [0, 0.05) is 11.4 Å². The van der Waals surface area contributed by atoms with Crippen molar-refractivity contribution in [3.8, 4) is 11.4 Å². The van der Waals surface area contributed by atoms with Crippen LogP contribution >= 0.6 is 0 Å². The smallest absolute Gasteiger partial charge is 0.237 e. The molecule has 4 rings (SSSR count). The normalized spacial score (nSPS) is 11.7. The Kier molecular flexibility index (Phi) is 4.35. The summed E-state index contributed by atoms with van der Waals surface area (Å²) < 4.78 is 40.1. The lowest BCUT2D eigenvalue weighted by molar-refractivity contribution is 0.594. The van der Waals surface area contributed by atoms with Crippen LogP contribution in [0, 0.1) is 12.7 Å². The second-order valence-electron chi connectivity index (χ2n) is 6.42. The first-order chi connectivity index (χ1) is 13.3. The number of hydrogen-bond acceptors (Lipinski definition) is 5. The minimum atomic E-state index is -3.61. The predicted octanol–water partition coefficient (Wildman–Crippen LogP) is 4.10. The number of aromatic nitrogens is 3. The highest BCUT2D eigenvalue weighted by molar-refractivity contribution is 7.89. The summed E-state index contributed by atoms with van der Waals surface area (Å²) in [4.78, 5) is 8.88. The van der Waals surface area contributed by atoms with Crippen molar-refractivity contribution < 1.29 is 12.8 Å². The highest BCUT2D eigenvalue weighted by atomic mass is 32.2. The molecule has 28 heavy (non-hydrogen) atoms. The number of hydrogen-bond donors (Lipinski definition) is 1. The van der Waals surface area contributed by atoms with E-state index in [1.807, 2.05) is 30.3 Å². The van der Waals surface area contributed by atoms with Gasteiger partial charge >= 0.3 is 0 Å². The van der Waals surface area contributed by atoms with Crippen molar-refractivity contribution in [2.45, 2.75) is 6.92 Å². The zero-order valence-corrected chi connectivity index (χ0v) is 16.0. The van der Waals surface area contributed by atoms with Crippen LogP contribution in [0.15, 0.2) is 60.7 Å². The van der Waals surface area contributed by atoms with Gasteiger partial charge in [-0.25, -0.2) is 26.7 Å². The molecule has 0 radical (unpaired) electrons. The maximum absolute atomic E-state index is 14.3. The average molecular weight is 396 g/mol. The lowest BCUT2D eigenvalue weighted by Crippen LogP contribution is -2.12. The molecule has 0 atom stereocenters. The van der Waals surface area contributed by atoms with E-state index in [2.05, 4.69) is 15.3 Å². The second-order valence-corrected chi connectivity index (χ2v) is 8.25. The fourth-order valence-electron chi connectivity index (χ4n) is 3.11. The topological polar surface area (TPSA) is 76.9 Å². The molecule has 0 spiro atoms. The molecule has 1 N–H and O–H groups in total. The van der Waals surface area contributed by atoms with Crippen molar-refractivity contribution in [3.63, 3.8) is 0 Å². The Morgan fingerprint density at radius 3 is 2.36 bits per heavy atom. The van der Waals surface area contributed by atoms with E-state index in [4.69, 9.17) is 0 Å². The van der Waals surface area contributed by atoms with Crippen molar-refractivity contribution in [2.75, 3.05) is 11.6 Å². The molecule has 4 aromatic rings. The fraction of sp³-hybridized carbons (Fsp3) is 0.100. The van der Waals surface area contributed by atoms with Crippen LogP contribution in [0.4, 0.5) is 15.9 Å². The third-order valence-corrected chi connectivity index (χ3v) is 5.40. The summed E-state index contributed by atoms with van der Waals surface area (Å²) in [6.07, 6.45) is 1.11. The number of para-hydroxylation sites is 1. The van der Waals surface area contributed by atoms with Gasteiger partial charge in [-0.2, -0.15) is 0 Å². The summed E-state index contributed by atoms with van der Waals surface area (Å²) >= 11 is 0. The van der Waals surface area contributed by atoms with E-state index in [9.17, 15) is 12.8 Å². The molecule has 0 saturated heterocycles. The average Bonchev–Trinajstić information content (AvgIpc) is 2.99. The predicted molar refractivity (Wildman–Crippen MR) is 108 cm³/mol. The van der Waals surface area contributed by atoms with Crippen molar-refractivity contribution in [2.24, 2.45) is 0 Å². The highest BCUT2D eigenvalue weighted by Gasteiger charge is 2.21. The number of nitrogens with zero attached hydrogens (tertiary/aromatic N) is 3. The summed E-state index contributed by atoms with van der Waals surface area (Å²) in [6.45, 7) is 1.68. The molecule has 2 aromatic carbocycles. The summed E-state index contributed by atoms with van der Waals surface area (Å²) in [7, 11) is -3.61. The van der Waals surface area contributed by atoms with Crippen molar-refractivity contribution in [1.82, 2.24) is 13.9 Å². The summed E-state index contributed by atoms with van der Waals surface area (Å²) in [5.74, 6) is 0.0219. The van der Waals surface area contributed by atoms with Gasteiger partial charge in [0.15, 0.2) is 11.5 Å². The van der Waals surface area contributed by atoms with Crippen LogP contribution < -0.4 is 5.32 Å². The summed E-state index contributed by atoms with van der Waals surface area (Å²) in [6, 6.07) is 17.2. The lowest BCUT2D eigenvalue weighted by atomic mass is 10.2. The van der Waals surface area contributed by atoms with Gasteiger partial charge < -0.3 is 5.32 Å². The molecule has 2 aromatic heterocycles. The van der Waals surface area contributed by atoms with Gasteiger partial charge in [-0.1, -0.05) is 30.3 Å². The Morgan fingerprint density at radius 1 is 1.00 bits per heavy atom. The van der Waals surface area contributed by atoms with Gasteiger partial charge in [0.25, 0.3) is 0 Å². The number of nitrogens with one attached hydrogen (secondary N) is 1. The molecule has 0 aliphatic rings. The Morgan fingerprint density at radius 2 is 1.68 bits per heavy atom. The largest absolute Gasteiger partial charge is 0.340 e. The van der Waals surface area contributed by atoms with Crippen molar-refractivity contribution >= 4 is 32.6 Å². The second kappa shape index (κ2) is 6.72. The van der Waals surface area contributed by atoms with Gasteiger partial charge in [0.2, 0.25) is 10.0 Å². The quantitative estimate of drug-likeness (QED) is 0.562. The maximum Gasteiger partial charge on any atom is 0.237 e. The van der Waals surface area contributed by atoms with E-state index in [1.54, 1.807) is 31.2 Å². The SMILES string of the molecule is Cc1cc2c(Nc3ccccc3)nc(-c3ccccc3F)nc2n1S(C)(=O)=O. The third-order valence-electron chi connectivity index (χ3n) is 4.27. The van der Waals surface area contributed by atoms with E-state index in [0.717, 1.165) is 15.9 Å². The van der Waals surface area contributed by atoms with Crippen LogP contribution in [0.25, 0.3) is 22.4 Å². The Balaban J connectivity index is 2.03. The Bertz CT molecular complexity index is 1280. The molecule has 0 saturated carbocycles. The summed E-state index contributed by atoms with van der Waals surface area (Å²) in [5.41, 5.74) is 1.66. The molecule has 0 aliphatic carbocycles. The van der Waals surface area contributed by atoms with Gasteiger partial charge in [0.1, 0.15) is 11.6 Å². The zero-order valence-electron chi connectivity index (χ0n) is 15.2. The number of benzene rings is 2. The zero-order chi connectivity index (χ0) is 19.9. The Labute approximate surface area is 161 Å². The number of halogens is 1. The maximum atomic E-state index is 14.3. The van der Waals surface area contributed by atoms with Gasteiger partial charge in [0.05, 0.1) is 17.2 Å². The highest BCUT2D eigenvalue weighted by Crippen LogP contribution is 2.31. The van der Waals surface area contributed by atoms with E-state index < -0.39 is 15.8 Å². The Hall–Kier alpha value is -3.26. The fourth-order valence-corrected chi connectivity index (χ4v) is 4.14. The van der Waals surface area contributed by atoms with E-state index in [0.29, 0.717) is 16.9 Å². The van der Waals surface area contributed by atoms with Crippen LogP contribution in [-0.2, 0) is 10.0 Å². The van der Waals surface area contributed by atoms with Gasteiger partial charge in [-0.3, -0.25) is 0 Å². The molecule has 6 nitrogen and oxygen atoms in total. The van der Waals surface area contributed by atoms with Crippen LogP contribution in [0.1, 0.15) is 5.69 Å². The van der Waals surface area contributed by atoms with E-state index >= 15 is 0 Å². The minimum absolute atomic E-state index is 0.104. The molecule has 8 heteroatoms. The van der Waals surface area contributed by atoms with Gasteiger partial charge in [-0.05, 0) is 37.3 Å². The number of fused-ring (bicyclic) bond motifs is 1. The van der Waals surface area contributed by atoms with Crippen LogP contribution in [-0.4, -0.2) is 28.6 Å². The summed E-state index contributed by atoms with van der Waals surface area (Å²) in [5, 5.41) is 3.72. The molecule has 142 valence electrons. The van der Waals surface area contributed by atoms with Crippen LogP contribution in [0.3, 0.4) is 0 Å². The molecule has 0 fully saturated rings. The van der Waals surface area contributed by atoms with Crippen molar-refractivity contribution in [1.29, 1.82) is 0 Å². The van der Waals surface area contributed by atoms with E-state index in [-0.39, 0.29) is 17.0 Å². The van der Waals surface area contributed by atoms with Crippen molar-refractivity contribution in [3.05, 3.63) is 72.2 Å². The number of aryl methyl sites for hydroxylation is 1. The van der Waals surface area contributed by atoms with Crippen LogP contribution in [0.2, 0.25) is 0 Å². The molecule has 0 amide bonds. The first-order valence-electron chi connectivity index (χ1n) is 8.52. The van der Waals surface area contributed by atoms with Crippen LogP contribution in [0.5, 0.6) is 0 Å². The first kappa shape index (κ1) is 18.1. The lowest BCUT2D eigenvalue weighted by Gasteiger charge is -2.11. The molecule has 2 heterocycles. The first-order valence-corrected chi connectivity index (χ1v) is 10.4. The molecule has 0 unspecified atom stereocenters. The minimum Gasteiger partial charge on any atom is -0.340 e. The molecular weight excluding hydrogens is 379 g/mol. The monoisotopic (exact) mass is 396 g/mol. The van der Waals surface area contributed by atoms with E-state index in [1.165, 1.54) is 6.07 Å². The molecule has 0 aliphatic heterocycles. The van der Waals surface area contributed by atoms with Gasteiger partial charge in [-0.15, -0.1) is 0 Å². The standard InChI is InChI=1S/C20H17FN4O2S/c1-13-12-16-19(22-14-8-4-3-5-9-14)23-18(15-10-6-7-11-17(15)21)24-20(16)25(13)28(2,26)27/h3-12H,1-2H3,(H,22,23,24). The number of anilines is 2. The molecular formula is C20H17FN4O2S. The third kappa shape index (κ3) is 3.22. The molecule has 0 bridgehead atoms. The number of rotatable bonds is 4.